The highest BCUT2D eigenvalue weighted by Crippen LogP contribution is 2.39. The molecule has 0 bridgehead atoms. The van der Waals surface area contributed by atoms with Crippen LogP contribution in [0.2, 0.25) is 0 Å². The Labute approximate surface area is 151 Å². The highest BCUT2D eigenvalue weighted by Gasteiger charge is 2.25. The highest BCUT2D eigenvalue weighted by molar-refractivity contribution is 5.91. The number of anilines is 2. The van der Waals surface area contributed by atoms with E-state index in [0.29, 0.717) is 17.6 Å². The van der Waals surface area contributed by atoms with E-state index in [0.717, 1.165) is 16.9 Å². The Bertz CT molecular complexity index is 923. The van der Waals surface area contributed by atoms with Crippen LogP contribution in [0, 0.1) is 0 Å². The van der Waals surface area contributed by atoms with Gasteiger partial charge in [-0.1, -0.05) is 0 Å². The number of amides is 1. The molecule has 134 valence electrons. The minimum absolute atomic E-state index is 0.117. The van der Waals surface area contributed by atoms with Crippen LogP contribution in [0.3, 0.4) is 0 Å². The van der Waals surface area contributed by atoms with Crippen LogP contribution in [0.15, 0.2) is 36.8 Å². The number of rotatable bonds is 6. The number of hydrogen-bond donors (Lipinski definition) is 2. The minimum Gasteiger partial charge on any atom is -0.378 e. The molecule has 3 aromatic rings. The number of nitrogens with one attached hydrogen (secondary N) is 2. The standard InChI is InChI=1S/C18H21N7O/c1-24(2)14-5-6-19-17(8-14)25-11-12(10-20-25)7-18(26)21-16-9-15(22-23-16)13-3-4-13/h5-6,8-11,13H,3-4,7H2,1-2H3,(H2,21,22,23,26). The van der Waals surface area contributed by atoms with Crippen molar-refractivity contribution in [3.05, 3.63) is 48.0 Å². The first-order valence-corrected chi connectivity index (χ1v) is 8.61. The third-order valence-corrected chi connectivity index (χ3v) is 4.36. The van der Waals surface area contributed by atoms with Gasteiger partial charge in [-0.05, 0) is 24.5 Å². The molecule has 3 heterocycles. The van der Waals surface area contributed by atoms with Gasteiger partial charge >= 0.3 is 0 Å². The fraction of sp³-hybridized carbons (Fsp3) is 0.333. The van der Waals surface area contributed by atoms with E-state index < -0.39 is 0 Å². The lowest BCUT2D eigenvalue weighted by atomic mass is 10.2. The summed E-state index contributed by atoms with van der Waals surface area (Å²) in [5.74, 6) is 1.75. The van der Waals surface area contributed by atoms with E-state index in [4.69, 9.17) is 0 Å². The summed E-state index contributed by atoms with van der Waals surface area (Å²) in [7, 11) is 3.95. The van der Waals surface area contributed by atoms with E-state index in [1.807, 2.05) is 43.4 Å². The lowest BCUT2D eigenvalue weighted by Crippen LogP contribution is -2.14. The van der Waals surface area contributed by atoms with Crippen molar-refractivity contribution in [3.63, 3.8) is 0 Å². The first-order chi connectivity index (χ1) is 12.6. The van der Waals surface area contributed by atoms with Gasteiger partial charge in [-0.15, -0.1) is 0 Å². The van der Waals surface area contributed by atoms with Gasteiger partial charge in [-0.2, -0.15) is 10.2 Å². The van der Waals surface area contributed by atoms with E-state index in [-0.39, 0.29) is 12.3 Å². The summed E-state index contributed by atoms with van der Waals surface area (Å²) in [4.78, 5) is 18.6. The molecule has 1 aliphatic rings. The Kier molecular flexibility index (Phi) is 4.16. The smallest absolute Gasteiger partial charge is 0.230 e. The molecule has 1 fully saturated rings. The number of aromatic nitrogens is 5. The molecule has 0 aliphatic heterocycles. The van der Waals surface area contributed by atoms with Crippen molar-refractivity contribution < 1.29 is 4.79 Å². The zero-order valence-corrected chi connectivity index (χ0v) is 14.8. The second-order valence-electron chi connectivity index (χ2n) is 6.77. The Hall–Kier alpha value is -3.16. The summed E-state index contributed by atoms with van der Waals surface area (Å²) in [6.07, 6.45) is 7.87. The molecule has 1 saturated carbocycles. The van der Waals surface area contributed by atoms with Gasteiger partial charge in [0.1, 0.15) is 0 Å². The van der Waals surface area contributed by atoms with Crippen LogP contribution < -0.4 is 10.2 Å². The van der Waals surface area contributed by atoms with Crippen LogP contribution in [-0.4, -0.2) is 45.0 Å². The van der Waals surface area contributed by atoms with Gasteiger partial charge in [-0.25, -0.2) is 9.67 Å². The number of H-pyrrole nitrogens is 1. The first-order valence-electron chi connectivity index (χ1n) is 8.61. The molecule has 0 radical (unpaired) electrons. The summed E-state index contributed by atoms with van der Waals surface area (Å²) in [6.45, 7) is 0. The van der Waals surface area contributed by atoms with Crippen molar-refractivity contribution in [1.82, 2.24) is 25.0 Å². The third kappa shape index (κ3) is 3.58. The van der Waals surface area contributed by atoms with Gasteiger partial charge in [-0.3, -0.25) is 9.89 Å². The predicted octanol–water partition coefficient (Wildman–Crippen LogP) is 2.11. The Morgan fingerprint density at radius 2 is 2.23 bits per heavy atom. The van der Waals surface area contributed by atoms with Gasteiger partial charge in [0.05, 0.1) is 12.6 Å². The molecule has 3 aromatic heterocycles. The summed E-state index contributed by atoms with van der Waals surface area (Å²) in [5.41, 5.74) is 2.95. The maximum absolute atomic E-state index is 12.2. The number of carbonyl (C=O) groups is 1. The number of carbonyl (C=O) groups excluding carboxylic acids is 1. The molecule has 26 heavy (non-hydrogen) atoms. The molecule has 0 spiro atoms. The summed E-state index contributed by atoms with van der Waals surface area (Å²) in [5, 5.41) is 14.3. The molecule has 0 unspecified atom stereocenters. The maximum atomic E-state index is 12.2. The van der Waals surface area contributed by atoms with Crippen molar-refractivity contribution >= 4 is 17.4 Å². The molecule has 2 N–H and O–H groups in total. The topological polar surface area (TPSA) is 91.7 Å². The largest absolute Gasteiger partial charge is 0.378 e. The van der Waals surface area contributed by atoms with Gasteiger partial charge < -0.3 is 10.2 Å². The highest BCUT2D eigenvalue weighted by atomic mass is 16.1. The maximum Gasteiger partial charge on any atom is 0.230 e. The average Bonchev–Trinajstić information content (AvgIpc) is 3.20. The predicted molar refractivity (Wildman–Crippen MR) is 98.6 cm³/mol. The molecule has 1 amide bonds. The van der Waals surface area contributed by atoms with Crippen molar-refractivity contribution in [2.24, 2.45) is 0 Å². The van der Waals surface area contributed by atoms with Crippen LogP contribution in [0.1, 0.15) is 30.0 Å². The molecule has 0 saturated heterocycles. The Balaban J connectivity index is 1.41. The first kappa shape index (κ1) is 16.3. The SMILES string of the molecule is CN(C)c1ccnc(-n2cc(CC(=O)Nc3cc(C4CC4)[nH]n3)cn2)c1. The van der Waals surface area contributed by atoms with Crippen LogP contribution in [0.4, 0.5) is 11.5 Å². The molecule has 8 nitrogen and oxygen atoms in total. The minimum atomic E-state index is -0.117. The number of pyridine rings is 1. The molecule has 4 rings (SSSR count). The second-order valence-corrected chi connectivity index (χ2v) is 6.77. The van der Waals surface area contributed by atoms with E-state index in [1.165, 1.54) is 12.8 Å². The molecule has 0 aromatic carbocycles. The normalized spacial score (nSPS) is 13.6. The van der Waals surface area contributed by atoms with Crippen LogP contribution in [-0.2, 0) is 11.2 Å². The van der Waals surface area contributed by atoms with E-state index in [9.17, 15) is 4.79 Å². The molecule has 8 heteroatoms. The molecular formula is C18H21N7O. The number of hydrogen-bond acceptors (Lipinski definition) is 5. The van der Waals surface area contributed by atoms with Gasteiger partial charge in [0.2, 0.25) is 5.91 Å². The Morgan fingerprint density at radius 1 is 1.38 bits per heavy atom. The van der Waals surface area contributed by atoms with Gasteiger partial charge in [0.15, 0.2) is 11.6 Å². The van der Waals surface area contributed by atoms with E-state index in [2.05, 4.69) is 25.6 Å². The lowest BCUT2D eigenvalue weighted by Gasteiger charge is -2.12. The third-order valence-electron chi connectivity index (χ3n) is 4.36. The quantitative estimate of drug-likeness (QED) is 0.710. The number of nitrogens with zero attached hydrogens (tertiary/aromatic N) is 5. The van der Waals surface area contributed by atoms with E-state index >= 15 is 0 Å². The Morgan fingerprint density at radius 3 is 3.00 bits per heavy atom. The van der Waals surface area contributed by atoms with Gasteiger partial charge in [0, 0.05) is 55.9 Å². The number of aromatic amines is 1. The van der Waals surface area contributed by atoms with Gasteiger partial charge in [0.25, 0.3) is 0 Å². The molecule has 1 aliphatic carbocycles. The van der Waals surface area contributed by atoms with Crippen molar-refractivity contribution in [3.8, 4) is 5.82 Å². The molecular weight excluding hydrogens is 330 g/mol. The summed E-state index contributed by atoms with van der Waals surface area (Å²) in [6, 6.07) is 5.79. The van der Waals surface area contributed by atoms with Crippen molar-refractivity contribution in [2.45, 2.75) is 25.2 Å². The zero-order chi connectivity index (χ0) is 18.1. The fourth-order valence-corrected chi connectivity index (χ4v) is 2.76. The van der Waals surface area contributed by atoms with Crippen LogP contribution >= 0.6 is 0 Å². The van der Waals surface area contributed by atoms with Crippen LogP contribution in [0.5, 0.6) is 0 Å². The summed E-state index contributed by atoms with van der Waals surface area (Å²) >= 11 is 0. The average molecular weight is 351 g/mol. The second kappa shape index (κ2) is 6.62. The summed E-state index contributed by atoms with van der Waals surface area (Å²) < 4.78 is 1.68. The lowest BCUT2D eigenvalue weighted by molar-refractivity contribution is -0.115. The fourth-order valence-electron chi connectivity index (χ4n) is 2.76. The monoisotopic (exact) mass is 351 g/mol. The molecule has 0 atom stereocenters. The van der Waals surface area contributed by atoms with Crippen molar-refractivity contribution in [1.29, 1.82) is 0 Å². The van der Waals surface area contributed by atoms with E-state index in [1.54, 1.807) is 17.1 Å². The van der Waals surface area contributed by atoms with Crippen molar-refractivity contribution in [2.75, 3.05) is 24.3 Å². The van der Waals surface area contributed by atoms with Crippen LogP contribution in [0.25, 0.3) is 5.82 Å². The zero-order valence-electron chi connectivity index (χ0n) is 14.8.